The first-order chi connectivity index (χ1) is 9.29. The molecule has 0 bridgehead atoms. The molecule has 104 valence electrons. The average Bonchev–Trinajstić information content (AvgIpc) is 2.79. The molecule has 0 spiro atoms. The Morgan fingerprint density at radius 1 is 1.32 bits per heavy atom. The lowest BCUT2D eigenvalue weighted by Crippen LogP contribution is -2.41. The lowest BCUT2D eigenvalue weighted by molar-refractivity contribution is 0.192. The van der Waals surface area contributed by atoms with Gasteiger partial charge in [0.25, 0.3) is 0 Å². The quantitative estimate of drug-likeness (QED) is 0.905. The molecular formula is C16H24N2O. The van der Waals surface area contributed by atoms with E-state index in [4.69, 9.17) is 10.5 Å². The number of rotatable bonds is 3. The van der Waals surface area contributed by atoms with E-state index in [1.54, 1.807) is 0 Å². The molecule has 0 amide bonds. The van der Waals surface area contributed by atoms with E-state index in [9.17, 15) is 0 Å². The van der Waals surface area contributed by atoms with E-state index in [0.29, 0.717) is 12.0 Å². The predicted molar refractivity (Wildman–Crippen MR) is 77.5 cm³/mol. The molecule has 3 nitrogen and oxygen atoms in total. The first-order valence-corrected chi connectivity index (χ1v) is 7.45. The smallest absolute Gasteiger partial charge is 0.122 e. The Kier molecular flexibility index (Phi) is 3.76. The van der Waals surface area contributed by atoms with E-state index in [1.165, 1.54) is 18.5 Å². The molecule has 0 radical (unpaired) electrons. The molecule has 3 rings (SSSR count). The van der Waals surface area contributed by atoms with E-state index < -0.39 is 0 Å². The summed E-state index contributed by atoms with van der Waals surface area (Å²) in [5.41, 5.74) is 7.33. The van der Waals surface area contributed by atoms with Gasteiger partial charge in [0.1, 0.15) is 5.75 Å². The topological polar surface area (TPSA) is 38.5 Å². The van der Waals surface area contributed by atoms with E-state index in [2.05, 4.69) is 36.1 Å². The van der Waals surface area contributed by atoms with Crippen LogP contribution in [0.5, 0.6) is 5.75 Å². The Bertz CT molecular complexity index is 435. The van der Waals surface area contributed by atoms with Gasteiger partial charge in [-0.1, -0.05) is 25.1 Å². The third-order valence-corrected chi connectivity index (χ3v) is 4.78. The summed E-state index contributed by atoms with van der Waals surface area (Å²) in [4.78, 5) is 2.59. The number of hydrogen-bond donors (Lipinski definition) is 1. The first-order valence-electron chi connectivity index (χ1n) is 7.45. The molecular weight excluding hydrogens is 236 g/mol. The maximum atomic E-state index is 5.95. The van der Waals surface area contributed by atoms with Gasteiger partial charge in [-0.15, -0.1) is 0 Å². The Hall–Kier alpha value is -1.06. The van der Waals surface area contributed by atoms with Crippen LogP contribution in [-0.4, -0.2) is 37.2 Å². The van der Waals surface area contributed by atoms with Crippen LogP contribution in [0.15, 0.2) is 24.3 Å². The van der Waals surface area contributed by atoms with E-state index >= 15 is 0 Å². The van der Waals surface area contributed by atoms with Gasteiger partial charge >= 0.3 is 0 Å². The Morgan fingerprint density at radius 3 is 3.00 bits per heavy atom. The van der Waals surface area contributed by atoms with Crippen LogP contribution in [0.1, 0.15) is 31.2 Å². The van der Waals surface area contributed by atoms with Gasteiger partial charge in [0.2, 0.25) is 0 Å². The second-order valence-corrected chi connectivity index (χ2v) is 5.94. The van der Waals surface area contributed by atoms with Gasteiger partial charge in [-0.25, -0.2) is 0 Å². The minimum atomic E-state index is 0.565. The van der Waals surface area contributed by atoms with Crippen LogP contribution < -0.4 is 10.5 Å². The lowest BCUT2D eigenvalue weighted by atomic mass is 9.92. The normalized spacial score (nSPS) is 30.9. The SMILES string of the molecule is CC1CCN(CC2CCOc3ccccc32)C1CN. The number of para-hydroxylation sites is 1. The molecule has 2 N–H and O–H groups in total. The van der Waals surface area contributed by atoms with E-state index in [1.807, 2.05) is 0 Å². The molecule has 0 saturated carbocycles. The highest BCUT2D eigenvalue weighted by molar-refractivity contribution is 5.38. The molecule has 0 aromatic heterocycles. The Labute approximate surface area is 115 Å². The molecule has 1 aromatic rings. The highest BCUT2D eigenvalue weighted by Crippen LogP contribution is 2.35. The minimum absolute atomic E-state index is 0.565. The summed E-state index contributed by atoms with van der Waals surface area (Å²) in [6.45, 7) is 6.29. The van der Waals surface area contributed by atoms with Crippen molar-refractivity contribution in [1.29, 1.82) is 0 Å². The fourth-order valence-corrected chi connectivity index (χ4v) is 3.58. The first kappa shape index (κ1) is 12.9. The van der Waals surface area contributed by atoms with Crippen LogP contribution in [0.4, 0.5) is 0 Å². The number of hydrogen-bond acceptors (Lipinski definition) is 3. The van der Waals surface area contributed by atoms with Crippen LogP contribution in [0.2, 0.25) is 0 Å². The van der Waals surface area contributed by atoms with Crippen molar-refractivity contribution in [1.82, 2.24) is 4.90 Å². The molecule has 0 aliphatic carbocycles. The van der Waals surface area contributed by atoms with Crippen LogP contribution in [0, 0.1) is 5.92 Å². The number of fused-ring (bicyclic) bond motifs is 1. The van der Waals surface area contributed by atoms with Gasteiger partial charge in [0.05, 0.1) is 6.61 Å². The summed E-state index contributed by atoms with van der Waals surface area (Å²) in [6.07, 6.45) is 2.41. The van der Waals surface area contributed by atoms with Crippen molar-refractivity contribution in [2.24, 2.45) is 11.7 Å². The molecule has 1 aromatic carbocycles. The summed E-state index contributed by atoms with van der Waals surface area (Å²) in [5, 5.41) is 0. The summed E-state index contributed by atoms with van der Waals surface area (Å²) < 4.78 is 5.75. The predicted octanol–water partition coefficient (Wildman–Crippen LogP) is 2.22. The standard InChI is InChI=1S/C16H24N2O/c1-12-6-8-18(15(12)10-17)11-13-7-9-19-16-5-3-2-4-14(13)16/h2-5,12-13,15H,6-11,17H2,1H3. The third-order valence-electron chi connectivity index (χ3n) is 4.78. The molecule has 2 aliphatic rings. The van der Waals surface area contributed by atoms with Crippen molar-refractivity contribution >= 4 is 0 Å². The van der Waals surface area contributed by atoms with Gasteiger partial charge in [0, 0.05) is 25.0 Å². The van der Waals surface area contributed by atoms with Crippen LogP contribution in [0.3, 0.4) is 0 Å². The second kappa shape index (κ2) is 5.51. The highest BCUT2D eigenvalue weighted by Gasteiger charge is 2.33. The largest absolute Gasteiger partial charge is 0.493 e. The average molecular weight is 260 g/mol. The molecule has 19 heavy (non-hydrogen) atoms. The van der Waals surface area contributed by atoms with Crippen molar-refractivity contribution in [3.63, 3.8) is 0 Å². The molecule has 3 atom stereocenters. The third kappa shape index (κ3) is 2.49. The number of nitrogens with zero attached hydrogens (tertiary/aromatic N) is 1. The van der Waals surface area contributed by atoms with Crippen LogP contribution in [-0.2, 0) is 0 Å². The number of likely N-dealkylation sites (tertiary alicyclic amines) is 1. The zero-order chi connectivity index (χ0) is 13.2. The molecule has 2 aliphatic heterocycles. The van der Waals surface area contributed by atoms with Crippen LogP contribution in [0.25, 0.3) is 0 Å². The summed E-state index contributed by atoms with van der Waals surface area (Å²) in [6, 6.07) is 9.05. The lowest BCUT2D eigenvalue weighted by Gasteiger charge is -2.32. The molecule has 1 saturated heterocycles. The monoisotopic (exact) mass is 260 g/mol. The fraction of sp³-hybridized carbons (Fsp3) is 0.625. The summed E-state index contributed by atoms with van der Waals surface area (Å²) in [5.74, 6) is 2.42. The van der Waals surface area contributed by atoms with Gasteiger partial charge in [-0.05, 0) is 36.9 Å². The fourth-order valence-electron chi connectivity index (χ4n) is 3.58. The van der Waals surface area contributed by atoms with Crippen molar-refractivity contribution in [3.05, 3.63) is 29.8 Å². The van der Waals surface area contributed by atoms with Crippen molar-refractivity contribution in [3.8, 4) is 5.75 Å². The highest BCUT2D eigenvalue weighted by atomic mass is 16.5. The van der Waals surface area contributed by atoms with E-state index in [-0.39, 0.29) is 0 Å². The van der Waals surface area contributed by atoms with Crippen molar-refractivity contribution in [2.75, 3.05) is 26.2 Å². The Balaban J connectivity index is 1.74. The van der Waals surface area contributed by atoms with Gasteiger partial charge in [0.15, 0.2) is 0 Å². The maximum Gasteiger partial charge on any atom is 0.122 e. The summed E-state index contributed by atoms with van der Waals surface area (Å²) in [7, 11) is 0. The number of benzene rings is 1. The van der Waals surface area contributed by atoms with E-state index in [0.717, 1.165) is 37.8 Å². The minimum Gasteiger partial charge on any atom is -0.493 e. The molecule has 1 fully saturated rings. The summed E-state index contributed by atoms with van der Waals surface area (Å²) >= 11 is 0. The van der Waals surface area contributed by atoms with Gasteiger partial charge in [-0.2, -0.15) is 0 Å². The number of ether oxygens (including phenoxy) is 1. The van der Waals surface area contributed by atoms with Crippen LogP contribution >= 0.6 is 0 Å². The zero-order valence-electron chi connectivity index (χ0n) is 11.7. The molecule has 3 unspecified atom stereocenters. The van der Waals surface area contributed by atoms with Crippen molar-refractivity contribution < 1.29 is 4.74 Å². The second-order valence-electron chi connectivity index (χ2n) is 5.94. The van der Waals surface area contributed by atoms with Gasteiger partial charge in [-0.3, -0.25) is 4.90 Å². The Morgan fingerprint density at radius 2 is 2.16 bits per heavy atom. The molecule has 3 heteroatoms. The van der Waals surface area contributed by atoms with Gasteiger partial charge < -0.3 is 10.5 Å². The zero-order valence-corrected chi connectivity index (χ0v) is 11.7. The molecule has 2 heterocycles. The maximum absolute atomic E-state index is 5.95. The van der Waals surface area contributed by atoms with Crippen molar-refractivity contribution in [2.45, 2.75) is 31.7 Å². The number of nitrogens with two attached hydrogens (primary N) is 1.